The fourth-order valence-corrected chi connectivity index (χ4v) is 2.08. The lowest BCUT2D eigenvalue weighted by Gasteiger charge is -2.10. The highest BCUT2D eigenvalue weighted by molar-refractivity contribution is 8.00. The van der Waals surface area contributed by atoms with Crippen molar-refractivity contribution in [3.05, 3.63) is 23.0 Å². The van der Waals surface area contributed by atoms with Gasteiger partial charge in [0.1, 0.15) is 5.82 Å². The van der Waals surface area contributed by atoms with Crippen molar-refractivity contribution in [3.8, 4) is 0 Å². The SMILES string of the molecule is CCC(C)Sc1cc(F)c(Cl)cc1N. The van der Waals surface area contributed by atoms with Crippen molar-refractivity contribution in [2.75, 3.05) is 5.73 Å². The van der Waals surface area contributed by atoms with E-state index < -0.39 is 5.82 Å². The molecule has 2 N–H and O–H groups in total. The Kier molecular flexibility index (Phi) is 4.08. The van der Waals surface area contributed by atoms with Crippen molar-refractivity contribution in [1.29, 1.82) is 0 Å². The molecule has 14 heavy (non-hydrogen) atoms. The van der Waals surface area contributed by atoms with Gasteiger partial charge < -0.3 is 5.73 Å². The minimum Gasteiger partial charge on any atom is -0.398 e. The minimum absolute atomic E-state index is 0.0796. The van der Waals surface area contributed by atoms with E-state index in [-0.39, 0.29) is 5.02 Å². The Morgan fingerprint density at radius 1 is 1.57 bits per heavy atom. The zero-order valence-electron chi connectivity index (χ0n) is 8.18. The van der Waals surface area contributed by atoms with Gasteiger partial charge in [-0.15, -0.1) is 11.8 Å². The van der Waals surface area contributed by atoms with Crippen molar-refractivity contribution in [2.24, 2.45) is 0 Å². The lowest BCUT2D eigenvalue weighted by molar-refractivity contribution is 0.625. The van der Waals surface area contributed by atoms with Crippen LogP contribution in [0.25, 0.3) is 0 Å². The number of benzene rings is 1. The Morgan fingerprint density at radius 2 is 2.21 bits per heavy atom. The van der Waals surface area contributed by atoms with Crippen molar-refractivity contribution < 1.29 is 4.39 Å². The molecule has 1 atom stereocenters. The number of anilines is 1. The second kappa shape index (κ2) is 4.89. The quantitative estimate of drug-likeness (QED) is 0.632. The van der Waals surface area contributed by atoms with Crippen LogP contribution in [0.4, 0.5) is 10.1 Å². The molecule has 0 fully saturated rings. The van der Waals surface area contributed by atoms with Crippen molar-refractivity contribution in [1.82, 2.24) is 0 Å². The average molecular weight is 234 g/mol. The van der Waals surface area contributed by atoms with Gasteiger partial charge >= 0.3 is 0 Å². The standard InChI is InChI=1S/C10H13ClFNS/c1-3-6(2)14-10-5-8(12)7(11)4-9(10)13/h4-6H,3,13H2,1-2H3. The molecule has 0 aliphatic rings. The van der Waals surface area contributed by atoms with Crippen LogP contribution in [0.2, 0.25) is 5.02 Å². The smallest absolute Gasteiger partial charge is 0.143 e. The van der Waals surface area contributed by atoms with Gasteiger partial charge in [-0.1, -0.05) is 25.4 Å². The molecular weight excluding hydrogens is 221 g/mol. The Morgan fingerprint density at radius 3 is 2.79 bits per heavy atom. The summed E-state index contributed by atoms with van der Waals surface area (Å²) in [5, 5.41) is 0.508. The van der Waals surface area contributed by atoms with Crippen LogP contribution in [0.1, 0.15) is 20.3 Å². The summed E-state index contributed by atoms with van der Waals surface area (Å²) in [6, 6.07) is 2.86. The third-order valence-corrected chi connectivity index (χ3v) is 3.59. The monoisotopic (exact) mass is 233 g/mol. The zero-order chi connectivity index (χ0) is 10.7. The van der Waals surface area contributed by atoms with Gasteiger partial charge in [0.2, 0.25) is 0 Å². The van der Waals surface area contributed by atoms with E-state index in [1.165, 1.54) is 12.1 Å². The minimum atomic E-state index is -0.410. The zero-order valence-corrected chi connectivity index (χ0v) is 9.75. The Labute approximate surface area is 92.8 Å². The van der Waals surface area contributed by atoms with Crippen LogP contribution in [0, 0.1) is 5.82 Å². The maximum Gasteiger partial charge on any atom is 0.143 e. The molecule has 0 aliphatic carbocycles. The van der Waals surface area contributed by atoms with E-state index in [1.807, 2.05) is 0 Å². The molecular formula is C10H13ClFNS. The summed E-state index contributed by atoms with van der Waals surface area (Å²) >= 11 is 7.16. The van der Waals surface area contributed by atoms with E-state index in [0.717, 1.165) is 11.3 Å². The van der Waals surface area contributed by atoms with Crippen LogP contribution >= 0.6 is 23.4 Å². The summed E-state index contributed by atoms with van der Waals surface area (Å²) < 4.78 is 13.1. The first kappa shape index (κ1) is 11.7. The number of rotatable bonds is 3. The Bertz CT molecular complexity index is 330. The van der Waals surface area contributed by atoms with E-state index >= 15 is 0 Å². The summed E-state index contributed by atoms with van der Waals surface area (Å²) in [5.41, 5.74) is 6.26. The van der Waals surface area contributed by atoms with E-state index in [1.54, 1.807) is 11.8 Å². The average Bonchev–Trinajstić information content (AvgIpc) is 2.14. The summed E-state index contributed by atoms with van der Waals surface area (Å²) in [6.07, 6.45) is 1.02. The summed E-state index contributed by atoms with van der Waals surface area (Å²) in [7, 11) is 0. The molecule has 1 rings (SSSR count). The van der Waals surface area contributed by atoms with Crippen LogP contribution < -0.4 is 5.73 Å². The van der Waals surface area contributed by atoms with E-state index in [2.05, 4.69) is 13.8 Å². The molecule has 0 radical (unpaired) electrons. The molecule has 0 aliphatic heterocycles. The van der Waals surface area contributed by atoms with Crippen LogP contribution in [0.15, 0.2) is 17.0 Å². The lowest BCUT2D eigenvalue weighted by Crippen LogP contribution is -1.96. The van der Waals surface area contributed by atoms with Crippen molar-refractivity contribution >= 4 is 29.1 Å². The second-order valence-electron chi connectivity index (χ2n) is 3.14. The first-order chi connectivity index (χ1) is 6.54. The van der Waals surface area contributed by atoms with Gasteiger partial charge in [-0.2, -0.15) is 0 Å². The molecule has 1 aromatic rings. The Balaban J connectivity index is 2.92. The molecule has 4 heteroatoms. The van der Waals surface area contributed by atoms with Crippen molar-refractivity contribution in [2.45, 2.75) is 30.4 Å². The molecule has 78 valence electrons. The number of hydrogen-bond acceptors (Lipinski definition) is 2. The Hall–Kier alpha value is -0.410. The first-order valence-corrected chi connectivity index (χ1v) is 5.71. The highest BCUT2D eigenvalue weighted by atomic mass is 35.5. The third-order valence-electron chi connectivity index (χ3n) is 1.96. The highest BCUT2D eigenvalue weighted by Gasteiger charge is 2.09. The number of halogens is 2. The number of thioether (sulfide) groups is 1. The molecule has 0 spiro atoms. The van der Waals surface area contributed by atoms with Gasteiger partial charge in [0.25, 0.3) is 0 Å². The van der Waals surface area contributed by atoms with Gasteiger partial charge in [-0.25, -0.2) is 4.39 Å². The number of hydrogen-bond donors (Lipinski definition) is 1. The predicted molar refractivity (Wildman–Crippen MR) is 61.4 cm³/mol. The van der Waals surface area contributed by atoms with Crippen molar-refractivity contribution in [3.63, 3.8) is 0 Å². The fourth-order valence-electron chi connectivity index (χ4n) is 0.946. The lowest BCUT2D eigenvalue weighted by atomic mass is 10.3. The summed E-state index contributed by atoms with van der Waals surface area (Å²) in [6.45, 7) is 4.16. The molecule has 1 unspecified atom stereocenters. The molecule has 0 saturated heterocycles. The van der Waals surface area contributed by atoms with Gasteiger partial charge in [-0.05, 0) is 18.6 Å². The van der Waals surface area contributed by atoms with Gasteiger partial charge in [0.05, 0.1) is 5.02 Å². The van der Waals surface area contributed by atoms with Crippen LogP contribution in [-0.2, 0) is 0 Å². The third kappa shape index (κ3) is 2.79. The number of nitrogen functional groups attached to an aromatic ring is 1. The maximum atomic E-state index is 13.1. The largest absolute Gasteiger partial charge is 0.398 e. The summed E-state index contributed by atoms with van der Waals surface area (Å²) in [4.78, 5) is 0.765. The highest BCUT2D eigenvalue weighted by Crippen LogP contribution is 2.33. The molecule has 0 saturated carbocycles. The van der Waals surface area contributed by atoms with E-state index in [0.29, 0.717) is 10.9 Å². The topological polar surface area (TPSA) is 26.0 Å². The first-order valence-electron chi connectivity index (χ1n) is 4.45. The molecule has 1 aromatic carbocycles. The molecule has 1 nitrogen and oxygen atoms in total. The van der Waals surface area contributed by atoms with E-state index in [4.69, 9.17) is 17.3 Å². The molecule has 0 amide bonds. The number of nitrogens with two attached hydrogens (primary N) is 1. The molecule has 0 bridgehead atoms. The van der Waals surface area contributed by atoms with E-state index in [9.17, 15) is 4.39 Å². The van der Waals surface area contributed by atoms with Crippen LogP contribution in [0.5, 0.6) is 0 Å². The summed E-state index contributed by atoms with van der Waals surface area (Å²) in [5.74, 6) is -0.410. The molecule has 0 aromatic heterocycles. The normalized spacial score (nSPS) is 12.9. The fraction of sp³-hybridized carbons (Fsp3) is 0.400. The predicted octanol–water partition coefficient (Wildman–Crippen LogP) is 3.95. The second-order valence-corrected chi connectivity index (χ2v) is 5.03. The van der Waals surface area contributed by atoms with Gasteiger partial charge in [-0.3, -0.25) is 0 Å². The van der Waals surface area contributed by atoms with Crippen LogP contribution in [0.3, 0.4) is 0 Å². The van der Waals surface area contributed by atoms with Gasteiger partial charge in [0, 0.05) is 15.8 Å². The molecule has 0 heterocycles. The van der Waals surface area contributed by atoms with Crippen LogP contribution in [-0.4, -0.2) is 5.25 Å². The maximum absolute atomic E-state index is 13.1. The van der Waals surface area contributed by atoms with Gasteiger partial charge in [0.15, 0.2) is 0 Å².